The van der Waals surface area contributed by atoms with Crippen molar-refractivity contribution in [2.45, 2.75) is 64.1 Å². The van der Waals surface area contributed by atoms with Crippen molar-refractivity contribution < 1.29 is 5.11 Å². The SMILES string of the molecule is CC(C)C1CC=Nc2c(-c3ccnc(N[C@H]4CC[C@H](O)CC4)n3)cnn21. The number of fused-ring (bicyclic) bond motifs is 1. The van der Waals surface area contributed by atoms with Crippen LogP contribution in [0.25, 0.3) is 11.3 Å². The molecule has 1 saturated carbocycles. The van der Waals surface area contributed by atoms with Gasteiger partial charge in [-0.1, -0.05) is 13.8 Å². The van der Waals surface area contributed by atoms with E-state index in [1.165, 1.54) is 0 Å². The molecule has 1 aliphatic carbocycles. The Labute approximate surface area is 153 Å². The predicted octanol–water partition coefficient (Wildman–Crippen LogP) is 3.36. The molecule has 7 heteroatoms. The summed E-state index contributed by atoms with van der Waals surface area (Å²) in [6, 6.07) is 2.56. The van der Waals surface area contributed by atoms with E-state index in [9.17, 15) is 5.11 Å². The Hall–Kier alpha value is -2.28. The summed E-state index contributed by atoms with van der Waals surface area (Å²) in [6.07, 6.45) is 9.92. The summed E-state index contributed by atoms with van der Waals surface area (Å²) in [5.41, 5.74) is 1.78. The van der Waals surface area contributed by atoms with Gasteiger partial charge in [0, 0.05) is 24.9 Å². The minimum atomic E-state index is -0.161. The van der Waals surface area contributed by atoms with Gasteiger partial charge in [-0.05, 0) is 37.7 Å². The number of nitrogens with zero attached hydrogens (tertiary/aromatic N) is 5. The van der Waals surface area contributed by atoms with Crippen molar-refractivity contribution in [3.05, 3.63) is 18.5 Å². The highest BCUT2D eigenvalue weighted by Gasteiger charge is 2.25. The highest BCUT2D eigenvalue weighted by Crippen LogP contribution is 2.36. The second-order valence-electron chi connectivity index (χ2n) is 7.60. The Kier molecular flexibility index (Phi) is 4.72. The quantitative estimate of drug-likeness (QED) is 0.879. The van der Waals surface area contributed by atoms with Crippen LogP contribution in [0.1, 0.15) is 52.0 Å². The number of hydrogen-bond donors (Lipinski definition) is 2. The molecule has 0 saturated heterocycles. The van der Waals surface area contributed by atoms with E-state index in [-0.39, 0.29) is 6.10 Å². The highest BCUT2D eigenvalue weighted by molar-refractivity contribution is 5.76. The molecule has 7 nitrogen and oxygen atoms in total. The van der Waals surface area contributed by atoms with Gasteiger partial charge in [-0.2, -0.15) is 5.10 Å². The van der Waals surface area contributed by atoms with Gasteiger partial charge in [0.25, 0.3) is 0 Å². The van der Waals surface area contributed by atoms with Gasteiger partial charge < -0.3 is 10.4 Å². The van der Waals surface area contributed by atoms with Crippen molar-refractivity contribution in [1.29, 1.82) is 0 Å². The Morgan fingerprint density at radius 2 is 2.04 bits per heavy atom. The molecule has 26 heavy (non-hydrogen) atoms. The molecule has 2 aromatic rings. The van der Waals surface area contributed by atoms with Crippen LogP contribution in [0.5, 0.6) is 0 Å². The second-order valence-corrected chi connectivity index (χ2v) is 7.60. The summed E-state index contributed by atoms with van der Waals surface area (Å²) in [5.74, 6) is 2.00. The minimum absolute atomic E-state index is 0.161. The molecule has 2 aliphatic rings. The number of hydrogen-bond acceptors (Lipinski definition) is 6. The lowest BCUT2D eigenvalue weighted by Crippen LogP contribution is -2.28. The number of aliphatic imine (C=N–C) groups is 1. The summed E-state index contributed by atoms with van der Waals surface area (Å²) >= 11 is 0. The first-order chi connectivity index (χ1) is 12.6. The third-order valence-corrected chi connectivity index (χ3v) is 5.37. The maximum absolute atomic E-state index is 9.65. The molecule has 1 fully saturated rings. The van der Waals surface area contributed by atoms with Gasteiger partial charge in [0.05, 0.1) is 29.6 Å². The fourth-order valence-electron chi connectivity index (χ4n) is 3.79. The minimum Gasteiger partial charge on any atom is -0.393 e. The van der Waals surface area contributed by atoms with Crippen molar-refractivity contribution in [3.63, 3.8) is 0 Å². The first-order valence-corrected chi connectivity index (χ1v) is 9.50. The third-order valence-electron chi connectivity index (χ3n) is 5.37. The maximum Gasteiger partial charge on any atom is 0.223 e. The summed E-state index contributed by atoms with van der Waals surface area (Å²) in [6.45, 7) is 4.42. The molecule has 4 rings (SSSR count). The zero-order valence-electron chi connectivity index (χ0n) is 15.3. The molecule has 2 N–H and O–H groups in total. The molecule has 1 aliphatic heterocycles. The molecule has 0 bridgehead atoms. The molecular formula is C19H26N6O. The van der Waals surface area contributed by atoms with Gasteiger partial charge in [-0.15, -0.1) is 0 Å². The average molecular weight is 354 g/mol. The largest absolute Gasteiger partial charge is 0.393 e. The first kappa shape index (κ1) is 17.1. The number of aliphatic hydroxyl groups is 1. The lowest BCUT2D eigenvalue weighted by molar-refractivity contribution is 0.126. The molecule has 1 atom stereocenters. The lowest BCUT2D eigenvalue weighted by Gasteiger charge is -2.26. The number of rotatable bonds is 4. The van der Waals surface area contributed by atoms with Gasteiger partial charge in [0.2, 0.25) is 5.95 Å². The van der Waals surface area contributed by atoms with Gasteiger partial charge >= 0.3 is 0 Å². The van der Waals surface area contributed by atoms with Crippen molar-refractivity contribution in [2.24, 2.45) is 10.9 Å². The van der Waals surface area contributed by atoms with E-state index in [1.54, 1.807) is 6.20 Å². The molecule has 0 aromatic carbocycles. The third kappa shape index (κ3) is 3.35. The van der Waals surface area contributed by atoms with Crippen LogP contribution >= 0.6 is 0 Å². The molecular weight excluding hydrogens is 328 g/mol. The lowest BCUT2D eigenvalue weighted by atomic mass is 9.93. The standard InChI is InChI=1S/C19H26N6O/c1-12(2)17-8-10-20-18-15(11-22-25(17)18)16-7-9-21-19(24-16)23-13-3-5-14(26)6-4-13/h7,9-14,17,26H,3-6,8H2,1-2H3,(H,21,23,24)/t13-,14-,17?. The van der Waals surface area contributed by atoms with Crippen molar-refractivity contribution in [3.8, 4) is 11.3 Å². The molecule has 2 aromatic heterocycles. The van der Waals surface area contributed by atoms with E-state index in [4.69, 9.17) is 4.98 Å². The molecule has 0 amide bonds. The van der Waals surface area contributed by atoms with Gasteiger partial charge in [-0.3, -0.25) is 0 Å². The van der Waals surface area contributed by atoms with Crippen molar-refractivity contribution >= 4 is 18.0 Å². The molecule has 1 unspecified atom stereocenters. The zero-order chi connectivity index (χ0) is 18.1. The van der Waals surface area contributed by atoms with Crippen LogP contribution in [0.4, 0.5) is 11.8 Å². The fourth-order valence-corrected chi connectivity index (χ4v) is 3.79. The topological polar surface area (TPSA) is 88.2 Å². The van der Waals surface area contributed by atoms with Crippen LogP contribution in [-0.2, 0) is 0 Å². The van der Waals surface area contributed by atoms with E-state index in [0.717, 1.165) is 49.2 Å². The molecule has 138 valence electrons. The fraction of sp³-hybridized carbons (Fsp3) is 0.579. The van der Waals surface area contributed by atoms with E-state index < -0.39 is 0 Å². The number of aromatic nitrogens is 4. The monoisotopic (exact) mass is 354 g/mol. The van der Waals surface area contributed by atoms with E-state index in [2.05, 4.69) is 34.2 Å². The smallest absolute Gasteiger partial charge is 0.223 e. The Bertz CT molecular complexity index is 791. The van der Waals surface area contributed by atoms with Gasteiger partial charge in [-0.25, -0.2) is 19.6 Å². The van der Waals surface area contributed by atoms with Crippen molar-refractivity contribution in [2.75, 3.05) is 5.32 Å². The molecule has 0 spiro atoms. The molecule has 3 heterocycles. The Morgan fingerprint density at radius 1 is 1.23 bits per heavy atom. The maximum atomic E-state index is 9.65. The van der Waals surface area contributed by atoms with Crippen LogP contribution in [0.15, 0.2) is 23.5 Å². The van der Waals surface area contributed by atoms with E-state index in [0.29, 0.717) is 23.9 Å². The zero-order valence-corrected chi connectivity index (χ0v) is 15.3. The Morgan fingerprint density at radius 3 is 2.81 bits per heavy atom. The van der Waals surface area contributed by atoms with Gasteiger partial charge in [0.1, 0.15) is 0 Å². The first-order valence-electron chi connectivity index (χ1n) is 9.50. The molecule has 0 radical (unpaired) electrons. The van der Waals surface area contributed by atoms with Crippen LogP contribution in [0.3, 0.4) is 0 Å². The van der Waals surface area contributed by atoms with Crippen LogP contribution in [0.2, 0.25) is 0 Å². The summed E-state index contributed by atoms with van der Waals surface area (Å²) in [4.78, 5) is 13.6. The summed E-state index contributed by atoms with van der Waals surface area (Å²) in [5, 5.41) is 17.6. The van der Waals surface area contributed by atoms with Crippen LogP contribution in [0, 0.1) is 5.92 Å². The van der Waals surface area contributed by atoms with Gasteiger partial charge in [0.15, 0.2) is 5.82 Å². The Balaban J connectivity index is 1.57. The number of anilines is 1. The predicted molar refractivity (Wildman–Crippen MR) is 102 cm³/mol. The summed E-state index contributed by atoms with van der Waals surface area (Å²) < 4.78 is 2.03. The van der Waals surface area contributed by atoms with Crippen molar-refractivity contribution in [1.82, 2.24) is 19.7 Å². The number of aliphatic hydroxyl groups excluding tert-OH is 1. The second kappa shape index (κ2) is 7.15. The highest BCUT2D eigenvalue weighted by atomic mass is 16.3. The number of nitrogens with one attached hydrogen (secondary N) is 1. The summed E-state index contributed by atoms with van der Waals surface area (Å²) in [7, 11) is 0. The van der Waals surface area contributed by atoms with Crippen LogP contribution in [-0.4, -0.2) is 43.2 Å². The van der Waals surface area contributed by atoms with E-state index in [1.807, 2.05) is 23.2 Å². The van der Waals surface area contributed by atoms with Crippen LogP contribution < -0.4 is 5.32 Å². The normalized spacial score (nSPS) is 25.3. The average Bonchev–Trinajstić information content (AvgIpc) is 3.08. The van der Waals surface area contributed by atoms with E-state index >= 15 is 0 Å².